The highest BCUT2D eigenvalue weighted by molar-refractivity contribution is 6.33. The lowest BCUT2D eigenvalue weighted by Crippen LogP contribution is -2.43. The number of rotatable bonds is 17. The number of nitrogens with zero attached hydrogens (tertiary/aromatic N) is 4. The first-order valence-electron chi connectivity index (χ1n) is 15.7. The maximum atomic E-state index is 13.7. The summed E-state index contributed by atoms with van der Waals surface area (Å²) in [6.07, 6.45) is 1.57. The standard InChI is InChI=1S/C25H36ClF3N6O3.C7H11NO.CH2O/c1-5-19(31-3)22(34(13-11-30-2)12-10-24(16-36)8-9-24)23(38)35(32-4)15-21(37)33-20-7-6-17(14-18(20)26)25(27,28)29;1-8-6-7-2-4-9-5-3-7;1-2/h6-7,14,30-31,36H,4-5,8-13,15-16H2,1-3H3,(H,33,37);2H,1,3-6H2;1H2/b22-19+;;. The zero-order valence-corrected chi connectivity index (χ0v) is 29.3. The van der Waals surface area contributed by atoms with E-state index in [4.69, 9.17) is 21.1 Å². The smallest absolute Gasteiger partial charge is 0.396 e. The highest BCUT2D eigenvalue weighted by Gasteiger charge is 2.42. The number of halogens is 4. The lowest BCUT2D eigenvalue weighted by atomic mass is 10.0. The van der Waals surface area contributed by atoms with Gasteiger partial charge in [0.25, 0.3) is 5.91 Å². The number of anilines is 1. The largest absolute Gasteiger partial charge is 0.416 e. The summed E-state index contributed by atoms with van der Waals surface area (Å²) in [7, 11) is 3.50. The molecule has 1 aromatic carbocycles. The number of aliphatic hydroxyl groups excluding tert-OH is 1. The van der Waals surface area contributed by atoms with Crippen molar-refractivity contribution in [2.24, 2.45) is 15.5 Å². The van der Waals surface area contributed by atoms with Crippen LogP contribution < -0.4 is 16.0 Å². The normalized spacial score (nSPS) is 15.1. The molecule has 1 heterocycles. The van der Waals surface area contributed by atoms with Crippen LogP contribution in [0.15, 0.2) is 51.3 Å². The Labute approximate surface area is 291 Å². The molecule has 16 heteroatoms. The van der Waals surface area contributed by atoms with E-state index in [0.717, 1.165) is 56.2 Å². The van der Waals surface area contributed by atoms with Crippen molar-refractivity contribution in [2.45, 2.75) is 45.2 Å². The quantitative estimate of drug-likeness (QED) is 0.0816. The minimum absolute atomic E-state index is 0.0317. The Balaban J connectivity index is 0.000000929. The average Bonchev–Trinajstić information content (AvgIpc) is 3.89. The molecule has 1 aliphatic carbocycles. The van der Waals surface area contributed by atoms with Crippen LogP contribution in [0.4, 0.5) is 18.9 Å². The van der Waals surface area contributed by atoms with Gasteiger partial charge in [-0.25, -0.2) is 5.01 Å². The van der Waals surface area contributed by atoms with E-state index in [1.54, 1.807) is 14.1 Å². The molecule has 0 aromatic heterocycles. The van der Waals surface area contributed by atoms with E-state index in [1.807, 2.05) is 18.6 Å². The third-order valence-electron chi connectivity index (χ3n) is 7.94. The van der Waals surface area contributed by atoms with Gasteiger partial charge in [-0.2, -0.15) is 18.3 Å². The number of hydrogen-bond acceptors (Lipinski definition) is 10. The molecule has 2 amide bonds. The molecule has 3 rings (SSSR count). The van der Waals surface area contributed by atoms with Crippen molar-refractivity contribution in [3.05, 3.63) is 51.8 Å². The first-order valence-corrected chi connectivity index (χ1v) is 16.1. The summed E-state index contributed by atoms with van der Waals surface area (Å²) in [5.41, 5.74) is 1.21. The maximum absolute atomic E-state index is 13.7. The van der Waals surface area contributed by atoms with Gasteiger partial charge in [-0.1, -0.05) is 24.6 Å². The van der Waals surface area contributed by atoms with Gasteiger partial charge in [-0.05, 0) is 75.1 Å². The van der Waals surface area contributed by atoms with Crippen LogP contribution in [0.25, 0.3) is 0 Å². The fraction of sp³-hybridized carbons (Fsp3) is 0.545. The highest BCUT2D eigenvalue weighted by Crippen LogP contribution is 2.48. The van der Waals surface area contributed by atoms with Gasteiger partial charge in [0, 0.05) is 45.7 Å². The number of ether oxygens (including phenoxy) is 1. The van der Waals surface area contributed by atoms with Crippen LogP contribution in [0.2, 0.25) is 5.02 Å². The summed E-state index contributed by atoms with van der Waals surface area (Å²) in [6.45, 7) is 14.3. The number of alkyl halides is 3. The van der Waals surface area contributed by atoms with Crippen molar-refractivity contribution in [3.63, 3.8) is 0 Å². The molecule has 2 aliphatic rings. The van der Waals surface area contributed by atoms with Crippen molar-refractivity contribution in [1.82, 2.24) is 20.5 Å². The number of aliphatic imine (C=N–C) groups is 1. The third-order valence-corrected chi connectivity index (χ3v) is 8.25. The lowest BCUT2D eigenvalue weighted by Gasteiger charge is -2.32. The van der Waals surface area contributed by atoms with Crippen molar-refractivity contribution in [3.8, 4) is 0 Å². The van der Waals surface area contributed by atoms with Crippen LogP contribution in [0, 0.1) is 5.41 Å². The van der Waals surface area contributed by atoms with Crippen molar-refractivity contribution in [2.75, 3.05) is 72.0 Å². The Kier molecular flexibility index (Phi) is 19.4. The molecule has 12 nitrogen and oxygen atoms in total. The average molecular weight is 716 g/mol. The Bertz CT molecular complexity index is 1300. The number of aliphatic hydroxyl groups is 1. The van der Waals surface area contributed by atoms with Crippen LogP contribution in [-0.4, -0.2) is 114 Å². The van der Waals surface area contributed by atoms with Gasteiger partial charge in [0.05, 0.1) is 36.0 Å². The molecular weight excluding hydrogens is 667 g/mol. The number of allylic oxidation sites excluding steroid dienone is 1. The van der Waals surface area contributed by atoms with Gasteiger partial charge in [0.15, 0.2) is 0 Å². The minimum atomic E-state index is -4.58. The molecule has 49 heavy (non-hydrogen) atoms. The number of amides is 2. The van der Waals surface area contributed by atoms with E-state index in [1.165, 1.54) is 5.57 Å². The number of benzene rings is 1. The number of hydrazone groups is 1. The van der Waals surface area contributed by atoms with Crippen LogP contribution >= 0.6 is 11.6 Å². The van der Waals surface area contributed by atoms with E-state index < -0.39 is 30.1 Å². The second-order valence-electron chi connectivity index (χ2n) is 11.2. The van der Waals surface area contributed by atoms with E-state index in [0.29, 0.717) is 49.9 Å². The van der Waals surface area contributed by atoms with Gasteiger partial charge in [-0.15, -0.1) is 0 Å². The number of nitrogens with one attached hydrogen (secondary N) is 3. The van der Waals surface area contributed by atoms with E-state index in [-0.39, 0.29) is 22.7 Å². The molecule has 0 bridgehead atoms. The lowest BCUT2D eigenvalue weighted by molar-refractivity contribution is -0.137. The minimum Gasteiger partial charge on any atom is -0.396 e. The second kappa shape index (κ2) is 22.0. The summed E-state index contributed by atoms with van der Waals surface area (Å²) in [5.74, 6) is -1.28. The van der Waals surface area contributed by atoms with Crippen LogP contribution in [-0.2, 0) is 25.3 Å². The van der Waals surface area contributed by atoms with Gasteiger partial charge in [0.1, 0.15) is 19.0 Å². The van der Waals surface area contributed by atoms with E-state index >= 15 is 0 Å². The second-order valence-corrected chi connectivity index (χ2v) is 11.7. The Morgan fingerprint density at radius 2 is 1.86 bits per heavy atom. The number of hydrogen-bond donors (Lipinski definition) is 4. The Hall–Kier alpha value is -3.79. The summed E-state index contributed by atoms with van der Waals surface area (Å²) < 4.78 is 43.9. The van der Waals surface area contributed by atoms with Crippen molar-refractivity contribution < 1.29 is 37.4 Å². The fourth-order valence-electron chi connectivity index (χ4n) is 4.82. The molecule has 0 radical (unpaired) electrons. The molecular formula is C33H49ClF3N7O5. The number of carbonyl (C=O) groups is 3. The highest BCUT2D eigenvalue weighted by atomic mass is 35.5. The van der Waals surface area contributed by atoms with Gasteiger partial charge < -0.3 is 35.5 Å². The Morgan fingerprint density at radius 1 is 1.16 bits per heavy atom. The van der Waals surface area contributed by atoms with Crippen LogP contribution in [0.3, 0.4) is 0 Å². The van der Waals surface area contributed by atoms with E-state index in [2.05, 4.69) is 45.6 Å². The number of likely N-dealkylation sites (N-methyl/N-ethyl adjacent to an activating group) is 1. The third kappa shape index (κ3) is 14.3. The zero-order chi connectivity index (χ0) is 37.0. The van der Waals surface area contributed by atoms with Crippen molar-refractivity contribution >= 4 is 49.3 Å². The first-order chi connectivity index (χ1) is 23.4. The first kappa shape index (κ1) is 43.2. The molecule has 274 valence electrons. The molecule has 1 aliphatic heterocycles. The Morgan fingerprint density at radius 3 is 2.33 bits per heavy atom. The molecule has 0 saturated heterocycles. The molecule has 0 unspecified atom stereocenters. The predicted octanol–water partition coefficient (Wildman–Crippen LogP) is 4.12. The summed E-state index contributed by atoms with van der Waals surface area (Å²) in [5, 5.41) is 22.7. The summed E-state index contributed by atoms with van der Waals surface area (Å²) in [4.78, 5) is 40.1. The monoisotopic (exact) mass is 715 g/mol. The fourth-order valence-corrected chi connectivity index (χ4v) is 5.04. The molecule has 1 fully saturated rings. The SMILES string of the molecule is C=NCC1=CCOCC1.C=NN(CC(=O)Nc1ccc(C(F)(F)F)cc1Cl)C(=O)/C(=C(/CC)NC)N(CCNC)CCC1(CO)CC1.C=O. The zero-order valence-electron chi connectivity index (χ0n) is 28.5. The molecule has 1 aromatic rings. The van der Waals surface area contributed by atoms with E-state index in [9.17, 15) is 27.9 Å². The molecule has 4 N–H and O–H groups in total. The summed E-state index contributed by atoms with van der Waals surface area (Å²) in [6, 6.07) is 2.56. The van der Waals surface area contributed by atoms with Crippen molar-refractivity contribution in [1.29, 1.82) is 0 Å². The number of carbonyl (C=O) groups excluding carboxylic acids is 3. The summed E-state index contributed by atoms with van der Waals surface area (Å²) >= 11 is 5.94. The maximum Gasteiger partial charge on any atom is 0.416 e. The van der Waals surface area contributed by atoms with Crippen LogP contribution in [0.1, 0.15) is 44.6 Å². The van der Waals surface area contributed by atoms with Gasteiger partial charge in [0.2, 0.25) is 5.91 Å². The predicted molar refractivity (Wildman–Crippen MR) is 187 cm³/mol. The van der Waals surface area contributed by atoms with Gasteiger partial charge >= 0.3 is 6.18 Å². The van der Waals surface area contributed by atoms with Crippen LogP contribution in [0.5, 0.6) is 0 Å². The molecule has 1 saturated carbocycles. The van der Waals surface area contributed by atoms with Gasteiger partial charge in [-0.3, -0.25) is 14.6 Å². The topological polar surface area (TPSA) is 148 Å². The molecule has 0 spiro atoms. The molecule has 0 atom stereocenters.